The van der Waals surface area contributed by atoms with Crippen molar-refractivity contribution in [3.8, 4) is 0 Å². The van der Waals surface area contributed by atoms with Gasteiger partial charge in [0.05, 0.1) is 0 Å². The minimum absolute atomic E-state index is 0.0109. The number of aryl methyl sites for hydroxylation is 1. The summed E-state index contributed by atoms with van der Waals surface area (Å²) in [6.45, 7) is 0.680. The highest BCUT2D eigenvalue weighted by Crippen LogP contribution is 2.19. The molecule has 0 spiro atoms. The van der Waals surface area contributed by atoms with Gasteiger partial charge < -0.3 is 0 Å². The molecule has 0 saturated carbocycles. The molecule has 17 heavy (non-hydrogen) atoms. The van der Waals surface area contributed by atoms with Crippen LogP contribution in [0.2, 0.25) is 0 Å². The molecule has 5 heteroatoms. The average molecular weight is 269 g/mol. The molecule has 0 aliphatic carbocycles. The van der Waals surface area contributed by atoms with Crippen molar-refractivity contribution < 1.29 is 9.18 Å². The zero-order valence-corrected chi connectivity index (χ0v) is 10.8. The monoisotopic (exact) mass is 269 g/mol. The van der Waals surface area contributed by atoms with Crippen LogP contribution >= 0.6 is 24.0 Å². The Morgan fingerprint density at radius 2 is 2.24 bits per heavy atom. The summed E-state index contributed by atoms with van der Waals surface area (Å²) in [5.74, 6) is 0.603. The molecule has 2 rings (SSSR count). The first-order valence-electron chi connectivity index (χ1n) is 5.39. The Hall–Kier alpha value is -0.940. The van der Waals surface area contributed by atoms with Crippen LogP contribution in [0.3, 0.4) is 0 Å². The van der Waals surface area contributed by atoms with Gasteiger partial charge in [-0.05, 0) is 18.1 Å². The number of carbonyl (C=O) groups is 1. The topological polar surface area (TPSA) is 20.3 Å². The second-order valence-electron chi connectivity index (χ2n) is 3.75. The highest BCUT2D eigenvalue weighted by Gasteiger charge is 2.23. The molecule has 90 valence electrons. The van der Waals surface area contributed by atoms with E-state index in [9.17, 15) is 9.18 Å². The summed E-state index contributed by atoms with van der Waals surface area (Å²) < 4.78 is 14.0. The number of benzene rings is 1. The van der Waals surface area contributed by atoms with E-state index in [0.29, 0.717) is 29.3 Å². The van der Waals surface area contributed by atoms with E-state index in [2.05, 4.69) is 0 Å². The Morgan fingerprint density at radius 3 is 2.88 bits per heavy atom. The van der Waals surface area contributed by atoms with Crippen molar-refractivity contribution in [2.24, 2.45) is 0 Å². The summed E-state index contributed by atoms with van der Waals surface area (Å²) in [6, 6.07) is 6.54. The molecule has 0 atom stereocenters. The second kappa shape index (κ2) is 5.60. The van der Waals surface area contributed by atoms with Gasteiger partial charge in [0, 0.05) is 18.7 Å². The van der Waals surface area contributed by atoms with Crippen LogP contribution in [0.1, 0.15) is 12.0 Å². The summed E-state index contributed by atoms with van der Waals surface area (Å²) in [6.07, 6.45) is 0.733. The first-order valence-corrected chi connectivity index (χ1v) is 6.78. The van der Waals surface area contributed by atoms with Gasteiger partial charge in [-0.3, -0.25) is 9.69 Å². The molecule has 0 radical (unpaired) electrons. The molecule has 1 aliphatic rings. The number of thiocarbonyl (C=S) groups is 1. The third kappa shape index (κ3) is 3.04. The highest BCUT2D eigenvalue weighted by molar-refractivity contribution is 8.23. The third-order valence-corrected chi connectivity index (χ3v) is 4.06. The van der Waals surface area contributed by atoms with E-state index in [0.717, 1.165) is 5.75 Å². The van der Waals surface area contributed by atoms with E-state index >= 15 is 0 Å². The van der Waals surface area contributed by atoms with Crippen LogP contribution in [-0.4, -0.2) is 27.4 Å². The molecule has 1 aromatic carbocycles. The minimum Gasteiger partial charge on any atom is -0.297 e. The van der Waals surface area contributed by atoms with E-state index in [1.54, 1.807) is 23.1 Å². The van der Waals surface area contributed by atoms with Gasteiger partial charge in [0.25, 0.3) is 0 Å². The zero-order chi connectivity index (χ0) is 12.3. The number of hydrogen-bond donors (Lipinski definition) is 0. The fourth-order valence-electron chi connectivity index (χ4n) is 1.70. The molecular weight excluding hydrogens is 257 g/mol. The maximum absolute atomic E-state index is 13.3. The van der Waals surface area contributed by atoms with Crippen molar-refractivity contribution in [2.45, 2.75) is 12.8 Å². The number of amides is 1. The molecule has 0 N–H and O–H groups in total. The maximum atomic E-state index is 13.3. The van der Waals surface area contributed by atoms with Crippen LogP contribution in [0.4, 0.5) is 4.39 Å². The van der Waals surface area contributed by atoms with Gasteiger partial charge in [-0.2, -0.15) is 0 Å². The van der Waals surface area contributed by atoms with Gasteiger partial charge in [0.1, 0.15) is 10.1 Å². The van der Waals surface area contributed by atoms with Gasteiger partial charge in [0.2, 0.25) is 5.91 Å². The summed E-state index contributed by atoms with van der Waals surface area (Å²) in [5.41, 5.74) is 0.582. The highest BCUT2D eigenvalue weighted by atomic mass is 32.2. The summed E-state index contributed by atoms with van der Waals surface area (Å²) in [4.78, 5) is 13.5. The largest absolute Gasteiger partial charge is 0.297 e. The average Bonchev–Trinajstić information content (AvgIpc) is 2.74. The molecule has 1 amide bonds. The molecule has 1 heterocycles. The van der Waals surface area contributed by atoms with Crippen LogP contribution in [0.25, 0.3) is 0 Å². The predicted molar refractivity (Wildman–Crippen MR) is 71.5 cm³/mol. The number of halogens is 1. The number of carbonyl (C=O) groups excluding carboxylic acids is 1. The molecule has 2 nitrogen and oxygen atoms in total. The van der Waals surface area contributed by atoms with Crippen LogP contribution in [0, 0.1) is 5.82 Å². The predicted octanol–water partition coefficient (Wildman–Crippen LogP) is 2.62. The van der Waals surface area contributed by atoms with Crippen molar-refractivity contribution in [2.75, 3.05) is 12.3 Å². The molecule has 1 aromatic rings. The third-order valence-electron chi connectivity index (χ3n) is 2.63. The second-order valence-corrected chi connectivity index (χ2v) is 5.48. The molecule has 1 fully saturated rings. The first kappa shape index (κ1) is 12.5. The number of rotatable bonds is 3. The van der Waals surface area contributed by atoms with Gasteiger partial charge in [-0.25, -0.2) is 4.39 Å². The van der Waals surface area contributed by atoms with Gasteiger partial charge >= 0.3 is 0 Å². The van der Waals surface area contributed by atoms with E-state index in [4.69, 9.17) is 12.2 Å². The Bertz CT molecular complexity index is 450. The summed E-state index contributed by atoms with van der Waals surface area (Å²) in [7, 11) is 0. The summed E-state index contributed by atoms with van der Waals surface area (Å²) >= 11 is 6.59. The molecular formula is C12H12FNOS2. The van der Waals surface area contributed by atoms with Crippen molar-refractivity contribution in [1.82, 2.24) is 4.90 Å². The van der Waals surface area contributed by atoms with Gasteiger partial charge in [0.15, 0.2) is 0 Å². The van der Waals surface area contributed by atoms with Crippen LogP contribution in [-0.2, 0) is 11.2 Å². The normalized spacial score (nSPS) is 15.4. The summed E-state index contributed by atoms with van der Waals surface area (Å²) in [5, 5.41) is 0. The van der Waals surface area contributed by atoms with Crippen LogP contribution in [0.15, 0.2) is 24.3 Å². The van der Waals surface area contributed by atoms with Crippen molar-refractivity contribution in [1.29, 1.82) is 0 Å². The number of thioether (sulfide) groups is 1. The lowest BCUT2D eigenvalue weighted by Gasteiger charge is -2.14. The zero-order valence-electron chi connectivity index (χ0n) is 9.19. The molecule has 0 unspecified atom stereocenters. The quantitative estimate of drug-likeness (QED) is 0.787. The number of hydrogen-bond acceptors (Lipinski definition) is 3. The Morgan fingerprint density at radius 1 is 1.47 bits per heavy atom. The van der Waals surface area contributed by atoms with E-state index in [1.807, 2.05) is 0 Å². The lowest BCUT2D eigenvalue weighted by atomic mass is 10.1. The fourth-order valence-corrected chi connectivity index (χ4v) is 2.94. The van der Waals surface area contributed by atoms with E-state index in [1.165, 1.54) is 17.8 Å². The lowest BCUT2D eigenvalue weighted by Crippen LogP contribution is -2.30. The minimum atomic E-state index is -0.251. The smallest absolute Gasteiger partial charge is 0.228 e. The molecule has 1 aliphatic heterocycles. The van der Waals surface area contributed by atoms with Crippen LogP contribution < -0.4 is 0 Å². The number of nitrogens with zero attached hydrogens (tertiary/aromatic N) is 1. The standard InChI is InChI=1S/C12H12FNOS2/c13-10-4-2-1-3-9(10)5-6-11(15)14-7-8-17-12(14)16/h1-4H,5-8H2. The Labute approximate surface area is 109 Å². The van der Waals surface area contributed by atoms with Crippen molar-refractivity contribution in [3.05, 3.63) is 35.6 Å². The molecule has 0 bridgehead atoms. The van der Waals surface area contributed by atoms with E-state index < -0.39 is 0 Å². The van der Waals surface area contributed by atoms with Crippen LogP contribution in [0.5, 0.6) is 0 Å². The molecule has 1 saturated heterocycles. The van der Waals surface area contributed by atoms with Crippen molar-refractivity contribution in [3.63, 3.8) is 0 Å². The van der Waals surface area contributed by atoms with E-state index in [-0.39, 0.29) is 11.7 Å². The van der Waals surface area contributed by atoms with Gasteiger partial charge in [-0.1, -0.05) is 42.2 Å². The Balaban J connectivity index is 1.92. The van der Waals surface area contributed by atoms with Gasteiger partial charge in [-0.15, -0.1) is 0 Å². The molecule has 0 aromatic heterocycles. The lowest BCUT2D eigenvalue weighted by molar-refractivity contribution is -0.126. The first-order chi connectivity index (χ1) is 8.18. The SMILES string of the molecule is O=C(CCc1ccccc1F)N1CCSC1=S. The van der Waals surface area contributed by atoms with Crippen molar-refractivity contribution >= 4 is 34.2 Å². The Kier molecular flexibility index (Phi) is 4.12. The maximum Gasteiger partial charge on any atom is 0.228 e. The fraction of sp³-hybridized carbons (Fsp3) is 0.333.